The van der Waals surface area contributed by atoms with Crippen LogP contribution in [0, 0.1) is 0 Å². The molecule has 0 radical (unpaired) electrons. The monoisotopic (exact) mass is 229 g/mol. The summed E-state index contributed by atoms with van der Waals surface area (Å²) in [4.78, 5) is 11.5. The second-order valence-electron chi connectivity index (χ2n) is 2.89. The summed E-state index contributed by atoms with van der Waals surface area (Å²) < 4.78 is 4.90. The van der Waals surface area contributed by atoms with Gasteiger partial charge in [-0.05, 0) is 19.1 Å². The van der Waals surface area contributed by atoms with Crippen LogP contribution in [0.2, 0.25) is 0 Å². The number of hydrogen-bond acceptors (Lipinski definition) is 5. The predicted octanol–water partition coefficient (Wildman–Crippen LogP) is 1.67. The molecular formula is C9H15N3O2S. The SMILES string of the molecule is CCCSc1n[nH]c(N)c1C(=O)OCC. The smallest absolute Gasteiger partial charge is 0.344 e. The first-order valence-corrected chi connectivity index (χ1v) is 5.83. The molecule has 3 N–H and O–H groups in total. The van der Waals surface area contributed by atoms with E-state index in [0.717, 1.165) is 12.2 Å². The highest BCUT2D eigenvalue weighted by atomic mass is 32.2. The molecule has 84 valence electrons. The van der Waals surface area contributed by atoms with Gasteiger partial charge in [-0.1, -0.05) is 6.92 Å². The molecule has 1 aromatic rings. The number of nitrogens with two attached hydrogens (primary N) is 1. The molecule has 0 unspecified atom stereocenters. The molecule has 1 heterocycles. The molecule has 0 aromatic carbocycles. The van der Waals surface area contributed by atoms with Gasteiger partial charge >= 0.3 is 5.97 Å². The highest BCUT2D eigenvalue weighted by molar-refractivity contribution is 7.99. The Hall–Kier alpha value is -1.17. The molecular weight excluding hydrogens is 214 g/mol. The van der Waals surface area contributed by atoms with Crippen LogP contribution in [0.25, 0.3) is 0 Å². The lowest BCUT2D eigenvalue weighted by Gasteiger charge is -2.02. The van der Waals surface area contributed by atoms with Crippen LogP contribution in [-0.4, -0.2) is 28.5 Å². The number of hydrogen-bond donors (Lipinski definition) is 2. The van der Waals surface area contributed by atoms with Crippen LogP contribution in [0.4, 0.5) is 5.82 Å². The van der Waals surface area contributed by atoms with Crippen LogP contribution in [0.3, 0.4) is 0 Å². The highest BCUT2D eigenvalue weighted by Gasteiger charge is 2.19. The van der Waals surface area contributed by atoms with Gasteiger partial charge < -0.3 is 10.5 Å². The molecule has 0 amide bonds. The van der Waals surface area contributed by atoms with Crippen LogP contribution in [-0.2, 0) is 4.74 Å². The fourth-order valence-electron chi connectivity index (χ4n) is 1.04. The quantitative estimate of drug-likeness (QED) is 0.593. The van der Waals surface area contributed by atoms with Crippen LogP contribution < -0.4 is 5.73 Å². The number of nitrogens with one attached hydrogen (secondary N) is 1. The minimum atomic E-state index is -0.414. The molecule has 0 saturated carbocycles. The van der Waals surface area contributed by atoms with E-state index in [9.17, 15) is 4.79 Å². The number of thioether (sulfide) groups is 1. The normalized spacial score (nSPS) is 10.3. The van der Waals surface area contributed by atoms with Gasteiger partial charge in [-0.3, -0.25) is 5.10 Å². The summed E-state index contributed by atoms with van der Waals surface area (Å²) in [5.74, 6) is 0.755. The number of nitrogens with zero attached hydrogens (tertiary/aromatic N) is 1. The molecule has 1 rings (SSSR count). The molecule has 1 aromatic heterocycles. The summed E-state index contributed by atoms with van der Waals surface area (Å²) in [6.07, 6.45) is 1.01. The molecule has 5 nitrogen and oxygen atoms in total. The number of aromatic nitrogens is 2. The fraction of sp³-hybridized carbons (Fsp3) is 0.556. The number of aromatic amines is 1. The molecule has 6 heteroatoms. The van der Waals surface area contributed by atoms with E-state index in [1.807, 2.05) is 0 Å². The number of rotatable bonds is 5. The first-order chi connectivity index (χ1) is 7.20. The largest absolute Gasteiger partial charge is 0.462 e. The average Bonchev–Trinajstić information content (AvgIpc) is 2.57. The number of anilines is 1. The van der Waals surface area contributed by atoms with Crippen molar-refractivity contribution in [3.05, 3.63) is 5.56 Å². The molecule has 0 saturated heterocycles. The van der Waals surface area contributed by atoms with Gasteiger partial charge in [0.2, 0.25) is 0 Å². The fourth-order valence-corrected chi connectivity index (χ4v) is 1.89. The Labute approximate surface area is 92.8 Å². The van der Waals surface area contributed by atoms with Crippen molar-refractivity contribution in [1.82, 2.24) is 10.2 Å². The summed E-state index contributed by atoms with van der Waals surface area (Å²) in [5, 5.41) is 7.18. The number of ether oxygens (including phenoxy) is 1. The predicted molar refractivity (Wildman–Crippen MR) is 60.0 cm³/mol. The summed E-state index contributed by atoms with van der Waals surface area (Å²) in [6, 6.07) is 0. The van der Waals surface area contributed by atoms with Gasteiger partial charge in [-0.25, -0.2) is 4.79 Å². The molecule has 0 aliphatic rings. The van der Waals surface area contributed by atoms with Crippen LogP contribution in [0.15, 0.2) is 5.03 Å². The van der Waals surface area contributed by atoms with E-state index in [1.165, 1.54) is 11.8 Å². The van der Waals surface area contributed by atoms with Crippen molar-refractivity contribution >= 4 is 23.5 Å². The van der Waals surface area contributed by atoms with Crippen molar-refractivity contribution in [2.45, 2.75) is 25.3 Å². The lowest BCUT2D eigenvalue weighted by molar-refractivity contribution is 0.0523. The zero-order valence-corrected chi connectivity index (χ0v) is 9.69. The maximum absolute atomic E-state index is 11.5. The summed E-state index contributed by atoms with van der Waals surface area (Å²) in [5.41, 5.74) is 5.97. The standard InChI is InChI=1S/C9H15N3O2S/c1-3-5-15-8-6(7(10)11-12-8)9(13)14-4-2/h3-5H2,1-2H3,(H3,10,11,12). The lowest BCUT2D eigenvalue weighted by atomic mass is 10.3. The Morgan fingerprint density at radius 2 is 2.33 bits per heavy atom. The Morgan fingerprint density at radius 3 is 2.93 bits per heavy atom. The van der Waals surface area contributed by atoms with E-state index >= 15 is 0 Å². The van der Waals surface area contributed by atoms with Gasteiger partial charge in [-0.15, -0.1) is 11.8 Å². The molecule has 15 heavy (non-hydrogen) atoms. The van der Waals surface area contributed by atoms with Crippen molar-refractivity contribution in [2.75, 3.05) is 18.1 Å². The van der Waals surface area contributed by atoms with E-state index in [-0.39, 0.29) is 5.82 Å². The third-order valence-electron chi connectivity index (χ3n) is 1.68. The summed E-state index contributed by atoms with van der Waals surface area (Å²) >= 11 is 1.50. The van der Waals surface area contributed by atoms with Gasteiger partial charge in [0, 0.05) is 0 Å². The van der Waals surface area contributed by atoms with E-state index in [4.69, 9.17) is 10.5 Å². The van der Waals surface area contributed by atoms with Gasteiger partial charge in [0.15, 0.2) is 0 Å². The molecule has 0 aliphatic heterocycles. The molecule has 0 fully saturated rings. The van der Waals surface area contributed by atoms with Crippen LogP contribution >= 0.6 is 11.8 Å². The lowest BCUT2D eigenvalue weighted by Crippen LogP contribution is -2.07. The molecule has 0 spiro atoms. The number of carbonyl (C=O) groups is 1. The third-order valence-corrected chi connectivity index (χ3v) is 2.86. The minimum Gasteiger partial charge on any atom is -0.462 e. The average molecular weight is 229 g/mol. The van der Waals surface area contributed by atoms with Crippen molar-refractivity contribution < 1.29 is 9.53 Å². The van der Waals surface area contributed by atoms with E-state index < -0.39 is 5.97 Å². The number of esters is 1. The van der Waals surface area contributed by atoms with Crippen LogP contribution in [0.5, 0.6) is 0 Å². The van der Waals surface area contributed by atoms with Crippen molar-refractivity contribution in [3.63, 3.8) is 0 Å². The Kier molecular flexibility index (Phi) is 4.48. The molecule has 0 atom stereocenters. The minimum absolute atomic E-state index is 0.270. The second-order valence-corrected chi connectivity index (χ2v) is 3.97. The molecule has 0 aliphatic carbocycles. The van der Waals surface area contributed by atoms with Crippen molar-refractivity contribution in [3.8, 4) is 0 Å². The van der Waals surface area contributed by atoms with Gasteiger partial charge in [-0.2, -0.15) is 5.10 Å². The number of carbonyl (C=O) groups excluding carboxylic acids is 1. The molecule has 0 bridgehead atoms. The van der Waals surface area contributed by atoms with E-state index in [1.54, 1.807) is 6.92 Å². The van der Waals surface area contributed by atoms with Crippen molar-refractivity contribution in [1.29, 1.82) is 0 Å². The number of H-pyrrole nitrogens is 1. The zero-order chi connectivity index (χ0) is 11.3. The Morgan fingerprint density at radius 1 is 1.60 bits per heavy atom. The van der Waals surface area contributed by atoms with E-state index in [0.29, 0.717) is 17.2 Å². The zero-order valence-electron chi connectivity index (χ0n) is 8.87. The van der Waals surface area contributed by atoms with Gasteiger partial charge in [0.25, 0.3) is 0 Å². The Balaban J connectivity index is 2.83. The van der Waals surface area contributed by atoms with Gasteiger partial charge in [0.1, 0.15) is 16.4 Å². The summed E-state index contributed by atoms with van der Waals surface area (Å²) in [6.45, 7) is 4.15. The van der Waals surface area contributed by atoms with Crippen LogP contribution in [0.1, 0.15) is 30.6 Å². The third kappa shape index (κ3) is 2.89. The van der Waals surface area contributed by atoms with E-state index in [2.05, 4.69) is 17.1 Å². The first kappa shape index (κ1) is 11.9. The van der Waals surface area contributed by atoms with Gasteiger partial charge in [0.05, 0.1) is 6.61 Å². The second kappa shape index (κ2) is 5.65. The first-order valence-electron chi connectivity index (χ1n) is 4.84. The highest BCUT2D eigenvalue weighted by Crippen LogP contribution is 2.25. The van der Waals surface area contributed by atoms with Crippen molar-refractivity contribution in [2.24, 2.45) is 0 Å². The Bertz CT molecular complexity index is 338. The summed E-state index contributed by atoms with van der Waals surface area (Å²) in [7, 11) is 0. The topological polar surface area (TPSA) is 81.0 Å². The maximum atomic E-state index is 11.5. The maximum Gasteiger partial charge on any atom is 0.344 e. The number of nitrogen functional groups attached to an aromatic ring is 1.